The van der Waals surface area contributed by atoms with Gasteiger partial charge in [-0.15, -0.1) is 0 Å². The predicted octanol–water partition coefficient (Wildman–Crippen LogP) is 8.80. The van der Waals surface area contributed by atoms with Gasteiger partial charge in [0.25, 0.3) is 0 Å². The summed E-state index contributed by atoms with van der Waals surface area (Å²) in [5.41, 5.74) is 0. The SMILES string of the molecule is CCCCC/C=C\C=C/[C@@H](O)C/C=C\C/C=C/CCCC(=O)OC[C@H](COP(=O)(O)OC1[C@H](O)[C@H](O)C(O)[C@H](O)[C@H]1O)OC(=O)CCCCC/C=C\C/C=C\C/C=C\C/C=C\CCCCC. The Morgan fingerprint density at radius 3 is 1.58 bits per heavy atom. The molecule has 0 radical (unpaired) electrons. The Morgan fingerprint density at radius 1 is 0.545 bits per heavy atom. The van der Waals surface area contributed by atoms with Gasteiger partial charge in [0.1, 0.15) is 43.2 Å². The molecule has 7 N–H and O–H groups in total. The number of allylic oxidation sites excluding steroid dienone is 14. The van der Waals surface area contributed by atoms with Crippen molar-refractivity contribution in [2.75, 3.05) is 13.2 Å². The molecule has 3 unspecified atom stereocenters. The van der Waals surface area contributed by atoms with Gasteiger partial charge in [-0.05, 0) is 89.9 Å². The molecule has 1 aliphatic rings. The first-order chi connectivity index (χ1) is 31.8. The quantitative estimate of drug-likeness (QED) is 0.0101. The highest BCUT2D eigenvalue weighted by molar-refractivity contribution is 7.47. The van der Waals surface area contributed by atoms with Crippen molar-refractivity contribution in [1.82, 2.24) is 0 Å². The lowest BCUT2D eigenvalue weighted by atomic mass is 9.85. The molecule has 9 atom stereocenters. The number of carbonyl (C=O) groups excluding carboxylic acids is 2. The first-order valence-corrected chi connectivity index (χ1v) is 25.6. The summed E-state index contributed by atoms with van der Waals surface area (Å²) in [5, 5.41) is 60.3. The third kappa shape index (κ3) is 31.7. The molecule has 1 saturated carbocycles. The molecule has 0 amide bonds. The first-order valence-electron chi connectivity index (χ1n) is 24.1. The van der Waals surface area contributed by atoms with Gasteiger partial charge in [-0.3, -0.25) is 18.6 Å². The summed E-state index contributed by atoms with van der Waals surface area (Å²) in [7, 11) is -5.16. The number of carbonyl (C=O) groups is 2. The Kier molecular flexibility index (Phi) is 36.5. The molecule has 0 spiro atoms. The number of hydrogen-bond donors (Lipinski definition) is 7. The Labute approximate surface area is 394 Å². The van der Waals surface area contributed by atoms with E-state index in [4.69, 9.17) is 18.5 Å². The zero-order valence-electron chi connectivity index (χ0n) is 39.6. The van der Waals surface area contributed by atoms with E-state index in [2.05, 4.69) is 68.5 Å². The number of phosphoric ester groups is 1. The van der Waals surface area contributed by atoms with Crippen molar-refractivity contribution in [3.63, 3.8) is 0 Å². The van der Waals surface area contributed by atoms with Crippen molar-refractivity contribution in [3.8, 4) is 0 Å². The lowest BCUT2D eigenvalue weighted by Crippen LogP contribution is -2.64. The lowest BCUT2D eigenvalue weighted by molar-refractivity contribution is -0.220. The van der Waals surface area contributed by atoms with E-state index in [1.54, 1.807) is 6.08 Å². The number of unbranched alkanes of at least 4 members (excludes halogenated alkanes) is 10. The molecule has 1 aliphatic carbocycles. The molecule has 0 aliphatic heterocycles. The summed E-state index contributed by atoms with van der Waals surface area (Å²) < 4.78 is 33.4. The van der Waals surface area contributed by atoms with Crippen molar-refractivity contribution in [3.05, 3.63) is 97.2 Å². The second kappa shape index (κ2) is 39.7. The van der Waals surface area contributed by atoms with Crippen molar-refractivity contribution in [2.24, 2.45) is 0 Å². The average Bonchev–Trinajstić information content (AvgIpc) is 3.29. The number of aliphatic hydroxyl groups excluding tert-OH is 6. The van der Waals surface area contributed by atoms with Gasteiger partial charge in [-0.25, -0.2) is 4.57 Å². The van der Waals surface area contributed by atoms with Crippen LogP contribution in [0.2, 0.25) is 0 Å². The Morgan fingerprint density at radius 2 is 1.02 bits per heavy atom. The molecule has 14 nitrogen and oxygen atoms in total. The molecule has 1 fully saturated rings. The third-order valence-corrected chi connectivity index (χ3v) is 11.5. The van der Waals surface area contributed by atoms with Crippen LogP contribution in [0.5, 0.6) is 0 Å². The van der Waals surface area contributed by atoms with Gasteiger partial charge in [0, 0.05) is 12.8 Å². The number of phosphoric acid groups is 1. The molecule has 1 rings (SSSR count). The summed E-state index contributed by atoms with van der Waals surface area (Å²) in [4.78, 5) is 35.7. The summed E-state index contributed by atoms with van der Waals surface area (Å²) in [6.45, 7) is 3.08. The standard InChI is InChI=1S/C51H83O14P/c1-3-5-7-9-11-12-13-14-15-16-17-18-19-20-21-22-26-31-35-39-45(54)64-43(41-63-66(60,61)65-51-49(58)47(56)46(55)48(57)50(51)59)40-62-44(53)38-34-30-27-23-25-29-33-37-42(52)36-32-28-24-10-8-6-4-2/h11-12,14-15,17-18,20-21,23-24,27-29,32-33,36,42-43,46-52,55-59H,3-10,13,16,19,22,25-26,30-31,34-35,37-41H2,1-2H3,(H,60,61)/b12-11-,15-14-,18-17-,21-20-,27-23+,28-24-,33-29-,36-32-/t42-,43-,46?,47-,48+,49-,50-,51?/m1/s1. The molecule has 0 aromatic heterocycles. The summed E-state index contributed by atoms with van der Waals surface area (Å²) >= 11 is 0. The molecule has 0 bridgehead atoms. The van der Waals surface area contributed by atoms with Gasteiger partial charge in [-0.1, -0.05) is 143 Å². The highest BCUT2D eigenvalue weighted by atomic mass is 31.2. The molecular weight excluding hydrogens is 868 g/mol. The smallest absolute Gasteiger partial charge is 0.462 e. The summed E-state index contributed by atoms with van der Waals surface area (Å²) in [6, 6.07) is 0. The Bertz CT molecular complexity index is 1540. The zero-order chi connectivity index (χ0) is 48.7. The molecule has 66 heavy (non-hydrogen) atoms. The fraction of sp³-hybridized carbons (Fsp3) is 0.647. The second-order valence-electron chi connectivity index (χ2n) is 16.5. The molecule has 0 saturated heterocycles. The van der Waals surface area contributed by atoms with E-state index in [1.807, 2.05) is 36.5 Å². The number of rotatable bonds is 38. The minimum Gasteiger partial charge on any atom is -0.462 e. The maximum absolute atomic E-state index is 12.8. The van der Waals surface area contributed by atoms with Crippen LogP contribution < -0.4 is 0 Å². The number of esters is 2. The van der Waals surface area contributed by atoms with Crippen LogP contribution in [0, 0.1) is 0 Å². The maximum atomic E-state index is 12.8. The summed E-state index contributed by atoms with van der Waals surface area (Å²) in [5.74, 6) is -1.25. The van der Waals surface area contributed by atoms with Crippen molar-refractivity contribution in [2.45, 2.75) is 198 Å². The molecular formula is C51H83O14P. The third-order valence-electron chi connectivity index (χ3n) is 10.5. The van der Waals surface area contributed by atoms with E-state index in [0.717, 1.165) is 51.4 Å². The van der Waals surface area contributed by atoms with E-state index in [0.29, 0.717) is 32.1 Å². The minimum absolute atomic E-state index is 0.0287. The Balaban J connectivity index is 2.55. The predicted molar refractivity (Wildman–Crippen MR) is 259 cm³/mol. The van der Waals surface area contributed by atoms with Gasteiger partial charge < -0.3 is 45.0 Å². The fourth-order valence-electron chi connectivity index (χ4n) is 6.52. The zero-order valence-corrected chi connectivity index (χ0v) is 40.4. The monoisotopic (exact) mass is 951 g/mol. The molecule has 0 heterocycles. The van der Waals surface area contributed by atoms with E-state index in [9.17, 15) is 49.7 Å². The molecule has 0 aromatic rings. The fourth-order valence-corrected chi connectivity index (χ4v) is 7.49. The highest BCUT2D eigenvalue weighted by Crippen LogP contribution is 2.47. The van der Waals surface area contributed by atoms with Crippen LogP contribution in [0.15, 0.2) is 97.2 Å². The average molecular weight is 951 g/mol. The van der Waals surface area contributed by atoms with Crippen LogP contribution in [0.1, 0.15) is 149 Å². The molecule has 0 aromatic carbocycles. The lowest BCUT2D eigenvalue weighted by Gasteiger charge is -2.41. The van der Waals surface area contributed by atoms with Crippen LogP contribution in [-0.2, 0) is 32.7 Å². The van der Waals surface area contributed by atoms with Gasteiger partial charge >= 0.3 is 19.8 Å². The highest BCUT2D eigenvalue weighted by Gasteiger charge is 2.51. The van der Waals surface area contributed by atoms with Gasteiger partial charge in [0.15, 0.2) is 6.10 Å². The van der Waals surface area contributed by atoms with Crippen molar-refractivity contribution in [1.29, 1.82) is 0 Å². The van der Waals surface area contributed by atoms with Crippen LogP contribution in [-0.4, -0.2) is 110 Å². The molecule has 376 valence electrons. The maximum Gasteiger partial charge on any atom is 0.472 e. The van der Waals surface area contributed by atoms with E-state index in [-0.39, 0.29) is 12.8 Å². The summed E-state index contributed by atoms with van der Waals surface area (Å²) in [6.07, 6.45) is 36.2. The number of hydrogen-bond acceptors (Lipinski definition) is 13. The number of aliphatic hydroxyl groups is 6. The number of ether oxygens (including phenoxy) is 2. The normalized spacial score (nSPS) is 22.6. The van der Waals surface area contributed by atoms with E-state index >= 15 is 0 Å². The van der Waals surface area contributed by atoms with Gasteiger partial charge in [0.05, 0.1) is 12.7 Å². The van der Waals surface area contributed by atoms with Crippen LogP contribution in [0.4, 0.5) is 0 Å². The Hall–Kier alpha value is -3.27. The second-order valence-corrected chi connectivity index (χ2v) is 17.9. The van der Waals surface area contributed by atoms with Crippen molar-refractivity contribution >= 4 is 19.8 Å². The van der Waals surface area contributed by atoms with Crippen LogP contribution in [0.25, 0.3) is 0 Å². The minimum atomic E-state index is -5.16. The van der Waals surface area contributed by atoms with Gasteiger partial charge in [0.2, 0.25) is 0 Å². The van der Waals surface area contributed by atoms with E-state index < -0.39 is 81.8 Å². The van der Waals surface area contributed by atoms with Crippen LogP contribution >= 0.6 is 7.82 Å². The topological polar surface area (TPSA) is 230 Å². The van der Waals surface area contributed by atoms with Crippen LogP contribution in [0.3, 0.4) is 0 Å². The van der Waals surface area contributed by atoms with Crippen molar-refractivity contribution < 1.29 is 68.2 Å². The largest absolute Gasteiger partial charge is 0.472 e. The van der Waals surface area contributed by atoms with Gasteiger partial charge in [-0.2, -0.15) is 0 Å². The first kappa shape index (κ1) is 60.7. The van der Waals surface area contributed by atoms with E-state index in [1.165, 1.54) is 38.5 Å². The molecule has 15 heteroatoms.